The third kappa shape index (κ3) is 8.16. The van der Waals surface area contributed by atoms with Gasteiger partial charge in [-0.15, -0.1) is 11.8 Å². The predicted molar refractivity (Wildman–Crippen MR) is 181 cm³/mol. The first-order valence-electron chi connectivity index (χ1n) is 15.2. The third-order valence-corrected chi connectivity index (χ3v) is 9.76. The number of ether oxygens (including phenoxy) is 1. The molecule has 11 nitrogen and oxygen atoms in total. The van der Waals surface area contributed by atoms with Gasteiger partial charge in [-0.2, -0.15) is 0 Å². The number of thioether (sulfide) groups is 2. The third-order valence-electron chi connectivity index (χ3n) is 7.87. The molecule has 0 aromatic heterocycles. The minimum Gasteiger partial charge on any atom is -0.483 e. The Labute approximate surface area is 282 Å². The van der Waals surface area contributed by atoms with Gasteiger partial charge in [0.05, 0.1) is 17.1 Å². The van der Waals surface area contributed by atoms with Crippen LogP contribution in [-0.4, -0.2) is 53.4 Å². The quantitative estimate of drug-likeness (QED) is 0.0785. The molecule has 4 rings (SSSR count). The maximum atomic E-state index is 14.4. The molecule has 2 atom stereocenters. The van der Waals surface area contributed by atoms with Gasteiger partial charge in [0.1, 0.15) is 17.2 Å². The summed E-state index contributed by atoms with van der Waals surface area (Å²) >= 11 is 2.37. The molecule has 0 saturated heterocycles. The van der Waals surface area contributed by atoms with E-state index in [0.717, 1.165) is 24.6 Å². The number of unbranched alkanes of at least 4 members (excludes halogenated alkanes) is 1. The topological polar surface area (TPSA) is 154 Å². The molecule has 1 aliphatic rings. The number of carbonyl (C=O) groups is 5. The highest BCUT2D eigenvalue weighted by molar-refractivity contribution is 8.14. The number of benzene rings is 3. The van der Waals surface area contributed by atoms with Crippen LogP contribution in [0.25, 0.3) is 0 Å². The average Bonchev–Trinajstić information content (AvgIpc) is 3.18. The fraction of sp³-hybridized carbons (Fsp3) is 0.324. The van der Waals surface area contributed by atoms with Crippen LogP contribution in [0.1, 0.15) is 51.1 Å². The summed E-state index contributed by atoms with van der Waals surface area (Å²) in [7, 11) is 0. The molecule has 1 unspecified atom stereocenters. The summed E-state index contributed by atoms with van der Waals surface area (Å²) < 4.78 is 5.99. The van der Waals surface area contributed by atoms with Gasteiger partial charge in [0.15, 0.2) is 6.61 Å². The maximum Gasteiger partial charge on any atom is 0.262 e. The lowest BCUT2D eigenvalue weighted by Gasteiger charge is -2.33. The molecule has 0 bridgehead atoms. The van der Waals surface area contributed by atoms with E-state index >= 15 is 0 Å². The summed E-state index contributed by atoms with van der Waals surface area (Å²) in [5.41, 5.74) is 1.91. The number of fused-ring (bicyclic) bond motifs is 1. The van der Waals surface area contributed by atoms with Crippen molar-refractivity contribution in [3.05, 3.63) is 78.4 Å². The summed E-state index contributed by atoms with van der Waals surface area (Å²) in [6, 6.07) is 20.0. The van der Waals surface area contributed by atoms with Crippen LogP contribution < -0.4 is 25.8 Å². The fourth-order valence-corrected chi connectivity index (χ4v) is 6.96. The van der Waals surface area contributed by atoms with Crippen LogP contribution in [-0.2, 0) is 24.0 Å². The first-order chi connectivity index (χ1) is 22.7. The number of hydrogen-bond donors (Lipinski definition) is 4. The Balaban J connectivity index is 1.64. The Hall–Kier alpha value is -4.33. The van der Waals surface area contributed by atoms with Crippen molar-refractivity contribution in [3.8, 4) is 5.75 Å². The van der Waals surface area contributed by atoms with Gasteiger partial charge in [-0.1, -0.05) is 75.2 Å². The molecule has 3 aromatic carbocycles. The molecule has 4 amide bonds. The number of amides is 4. The zero-order chi connectivity index (χ0) is 34.0. The number of hydroxylamine groups is 1. The predicted octanol–water partition coefficient (Wildman–Crippen LogP) is 5.15. The highest BCUT2D eigenvalue weighted by atomic mass is 32.2. The minimum absolute atomic E-state index is 0.231. The maximum absolute atomic E-state index is 14.4. The van der Waals surface area contributed by atoms with Crippen LogP contribution >= 0.6 is 23.5 Å². The molecule has 13 heteroatoms. The molecule has 0 aliphatic carbocycles. The van der Waals surface area contributed by atoms with E-state index in [0.29, 0.717) is 45.3 Å². The fourth-order valence-electron chi connectivity index (χ4n) is 5.26. The molecule has 3 aromatic rings. The zero-order valence-corrected chi connectivity index (χ0v) is 28.0. The number of para-hydroxylation sites is 1. The van der Waals surface area contributed by atoms with Crippen molar-refractivity contribution in [2.75, 3.05) is 24.3 Å². The molecule has 0 fully saturated rings. The minimum atomic E-state index is -1.21. The van der Waals surface area contributed by atoms with Crippen molar-refractivity contribution < 1.29 is 33.9 Å². The summed E-state index contributed by atoms with van der Waals surface area (Å²) in [5.74, 6) is -2.02. The molecule has 0 radical (unpaired) electrons. The van der Waals surface area contributed by atoms with Gasteiger partial charge >= 0.3 is 0 Å². The molecule has 248 valence electrons. The summed E-state index contributed by atoms with van der Waals surface area (Å²) in [4.78, 5) is 68.6. The van der Waals surface area contributed by atoms with Crippen LogP contribution in [0.5, 0.6) is 5.75 Å². The first kappa shape index (κ1) is 35.5. The lowest BCUT2D eigenvalue weighted by Crippen LogP contribution is -2.44. The number of anilines is 2. The smallest absolute Gasteiger partial charge is 0.262 e. The second-order valence-electron chi connectivity index (χ2n) is 10.8. The van der Waals surface area contributed by atoms with Gasteiger partial charge in [-0.05, 0) is 60.7 Å². The Morgan fingerprint density at radius 3 is 2.30 bits per heavy atom. The molecule has 0 saturated carbocycles. The number of carbonyl (C=O) groups excluding carboxylic acids is 5. The van der Waals surface area contributed by atoms with Crippen LogP contribution in [0.3, 0.4) is 0 Å². The van der Waals surface area contributed by atoms with E-state index in [-0.39, 0.29) is 11.0 Å². The molecule has 47 heavy (non-hydrogen) atoms. The van der Waals surface area contributed by atoms with Crippen molar-refractivity contribution in [3.63, 3.8) is 0 Å². The molecular weight excluding hydrogens is 641 g/mol. The van der Waals surface area contributed by atoms with E-state index in [4.69, 9.17) is 9.94 Å². The number of nitrogens with one attached hydrogen (secondary N) is 3. The van der Waals surface area contributed by atoms with Crippen molar-refractivity contribution in [2.45, 2.75) is 55.4 Å². The Bertz CT molecular complexity index is 1610. The number of hydrogen-bond acceptors (Lipinski definition) is 9. The van der Waals surface area contributed by atoms with Crippen LogP contribution in [0.15, 0.2) is 82.6 Å². The number of rotatable bonds is 14. The normalized spacial score (nSPS) is 16.5. The molecular formula is C34H38N4O7S2. The highest BCUT2D eigenvalue weighted by Crippen LogP contribution is 2.51. The molecule has 0 spiro atoms. The lowest BCUT2D eigenvalue weighted by molar-refractivity contribution is -0.136. The second kappa shape index (κ2) is 16.5. The van der Waals surface area contributed by atoms with E-state index in [2.05, 4.69) is 10.6 Å². The van der Waals surface area contributed by atoms with Crippen molar-refractivity contribution >= 4 is 63.6 Å². The molecule has 1 heterocycles. The standard InChI is InChI=1S/C34H38N4O7S2/c1-4-6-17-34(5-2)32(42)38(23-15-11-8-12-16-23)24-18-27(46-3)25(19-26(24)47-33(34)43)45-21-29(40)36-30(22-13-9-7-10-14-22)31(41)35-20-28(39)37-44/h7-16,18-19,30,44H,4-6,17,20-21H2,1-3H3,(H,35,41)(H,36,40)(H,37,39)/t30-,34?/m1/s1. The first-order valence-corrected chi connectivity index (χ1v) is 17.2. The van der Waals surface area contributed by atoms with Gasteiger partial charge < -0.3 is 15.4 Å². The summed E-state index contributed by atoms with van der Waals surface area (Å²) in [6.45, 7) is 2.94. The van der Waals surface area contributed by atoms with E-state index in [1.807, 2.05) is 50.4 Å². The van der Waals surface area contributed by atoms with Crippen molar-refractivity contribution in [1.29, 1.82) is 0 Å². The van der Waals surface area contributed by atoms with E-state index in [1.165, 1.54) is 17.2 Å². The van der Waals surface area contributed by atoms with Crippen molar-refractivity contribution in [1.82, 2.24) is 16.1 Å². The molecule has 1 aliphatic heterocycles. The van der Waals surface area contributed by atoms with Crippen LogP contribution in [0.4, 0.5) is 11.4 Å². The summed E-state index contributed by atoms with van der Waals surface area (Å²) in [6.07, 6.45) is 4.19. The Kier molecular flexibility index (Phi) is 12.5. The number of nitrogens with zero attached hydrogens (tertiary/aromatic N) is 1. The van der Waals surface area contributed by atoms with Gasteiger partial charge in [0, 0.05) is 10.6 Å². The van der Waals surface area contributed by atoms with Gasteiger partial charge in [-0.25, -0.2) is 5.48 Å². The average molecular weight is 679 g/mol. The van der Waals surface area contributed by atoms with Crippen LogP contribution in [0.2, 0.25) is 0 Å². The van der Waals surface area contributed by atoms with E-state index in [9.17, 15) is 24.0 Å². The SMILES string of the molecule is CCCCC1(CC)C(=O)Sc2cc(OCC(=O)N[C@@H](C(=O)NCC(=O)NO)c3ccccc3)c(SC)cc2N(c2ccccc2)C1=O. The largest absolute Gasteiger partial charge is 0.483 e. The highest BCUT2D eigenvalue weighted by Gasteiger charge is 2.49. The Morgan fingerprint density at radius 1 is 1.00 bits per heavy atom. The van der Waals surface area contributed by atoms with E-state index in [1.54, 1.807) is 47.4 Å². The van der Waals surface area contributed by atoms with Crippen LogP contribution in [0, 0.1) is 5.41 Å². The monoisotopic (exact) mass is 678 g/mol. The Morgan fingerprint density at radius 2 is 1.68 bits per heavy atom. The van der Waals surface area contributed by atoms with Gasteiger partial charge in [0.25, 0.3) is 11.8 Å². The lowest BCUT2D eigenvalue weighted by atomic mass is 9.79. The summed E-state index contributed by atoms with van der Waals surface area (Å²) in [5, 5.41) is 13.5. The van der Waals surface area contributed by atoms with Gasteiger partial charge in [-0.3, -0.25) is 34.1 Å². The second-order valence-corrected chi connectivity index (χ2v) is 12.7. The van der Waals surface area contributed by atoms with Gasteiger partial charge in [0.2, 0.25) is 16.9 Å². The van der Waals surface area contributed by atoms with Crippen molar-refractivity contribution in [2.24, 2.45) is 5.41 Å². The van der Waals surface area contributed by atoms with E-state index < -0.39 is 42.3 Å². The molecule has 4 N–H and O–H groups in total. The zero-order valence-electron chi connectivity index (χ0n) is 26.4.